The van der Waals surface area contributed by atoms with Crippen LogP contribution in [0.4, 0.5) is 23.4 Å². The van der Waals surface area contributed by atoms with E-state index in [1.165, 1.54) is 11.1 Å². The van der Waals surface area contributed by atoms with Crippen LogP contribution in [-0.4, -0.2) is 19.9 Å². The highest BCUT2D eigenvalue weighted by Crippen LogP contribution is 2.24. The van der Waals surface area contributed by atoms with Crippen molar-refractivity contribution >= 4 is 23.4 Å². The highest BCUT2D eigenvalue weighted by molar-refractivity contribution is 5.67. The zero-order valence-corrected chi connectivity index (χ0v) is 16.9. The molecule has 0 radical (unpaired) electrons. The molecule has 2 heterocycles. The van der Waals surface area contributed by atoms with E-state index in [4.69, 9.17) is 5.73 Å². The number of anilines is 4. The van der Waals surface area contributed by atoms with E-state index in [1.807, 2.05) is 43.3 Å². The highest BCUT2D eigenvalue weighted by Gasteiger charge is 2.06. The topological polar surface area (TPSA) is 102 Å². The van der Waals surface area contributed by atoms with Crippen LogP contribution in [0.5, 0.6) is 0 Å². The number of rotatable bonds is 6. The number of aromatic nitrogens is 4. The molecule has 30 heavy (non-hydrogen) atoms. The molecule has 0 aliphatic heterocycles. The average molecular weight is 397 g/mol. The first-order chi connectivity index (χ1) is 14.6. The zero-order valence-electron chi connectivity index (χ0n) is 16.9. The van der Waals surface area contributed by atoms with Crippen LogP contribution >= 0.6 is 0 Å². The lowest BCUT2D eigenvalue weighted by Gasteiger charge is -2.10. The Kier molecular flexibility index (Phi) is 5.52. The summed E-state index contributed by atoms with van der Waals surface area (Å²) in [5, 5.41) is 6.58. The van der Waals surface area contributed by atoms with Crippen LogP contribution < -0.4 is 16.4 Å². The van der Waals surface area contributed by atoms with Gasteiger partial charge in [-0.15, -0.1) is 0 Å². The third kappa shape index (κ3) is 4.70. The van der Waals surface area contributed by atoms with Gasteiger partial charge in [0.2, 0.25) is 11.9 Å². The van der Waals surface area contributed by atoms with Gasteiger partial charge in [0.25, 0.3) is 0 Å². The summed E-state index contributed by atoms with van der Waals surface area (Å²) in [4.78, 5) is 17.2. The van der Waals surface area contributed by atoms with Crippen molar-refractivity contribution < 1.29 is 0 Å². The van der Waals surface area contributed by atoms with Gasteiger partial charge in [0.15, 0.2) is 0 Å². The number of nitrogen functional groups attached to an aromatic ring is 1. The summed E-state index contributed by atoms with van der Waals surface area (Å²) in [6, 6.07) is 18.1. The Morgan fingerprint density at radius 3 is 2.57 bits per heavy atom. The minimum atomic E-state index is 0.268. The van der Waals surface area contributed by atoms with Crippen molar-refractivity contribution in [3.8, 4) is 11.3 Å². The van der Waals surface area contributed by atoms with E-state index in [1.54, 1.807) is 12.4 Å². The van der Waals surface area contributed by atoms with Gasteiger partial charge < -0.3 is 16.4 Å². The molecule has 0 aliphatic rings. The molecule has 0 amide bonds. The zero-order chi connectivity index (χ0) is 20.9. The molecule has 0 aliphatic carbocycles. The molecule has 0 unspecified atom stereocenters. The molecule has 4 rings (SSSR count). The fourth-order valence-electron chi connectivity index (χ4n) is 3.12. The first-order valence-corrected chi connectivity index (χ1v) is 9.66. The summed E-state index contributed by atoms with van der Waals surface area (Å²) in [5.74, 6) is 1.56. The van der Waals surface area contributed by atoms with Gasteiger partial charge >= 0.3 is 0 Å². The molecule has 7 heteroatoms. The molecule has 7 nitrogen and oxygen atoms in total. The summed E-state index contributed by atoms with van der Waals surface area (Å²) < 4.78 is 0. The largest absolute Gasteiger partial charge is 0.368 e. The van der Waals surface area contributed by atoms with E-state index in [-0.39, 0.29) is 5.95 Å². The molecule has 2 aromatic heterocycles. The lowest BCUT2D eigenvalue weighted by Crippen LogP contribution is -2.05. The van der Waals surface area contributed by atoms with Crippen LogP contribution in [0.3, 0.4) is 0 Å². The molecule has 0 atom stereocenters. The maximum Gasteiger partial charge on any atom is 0.224 e. The molecule has 0 bridgehead atoms. The van der Waals surface area contributed by atoms with Gasteiger partial charge in [0, 0.05) is 30.2 Å². The van der Waals surface area contributed by atoms with Crippen molar-refractivity contribution in [3.63, 3.8) is 0 Å². The predicted octanol–water partition coefficient (Wildman–Crippen LogP) is 4.49. The van der Waals surface area contributed by atoms with Crippen molar-refractivity contribution in [2.24, 2.45) is 0 Å². The Balaban J connectivity index is 1.44. The van der Waals surface area contributed by atoms with Crippen LogP contribution in [0.1, 0.15) is 16.7 Å². The molecule has 2 aromatic carbocycles. The third-order valence-electron chi connectivity index (χ3n) is 4.61. The quantitative estimate of drug-likeness (QED) is 0.441. The minimum absolute atomic E-state index is 0.268. The van der Waals surface area contributed by atoms with Gasteiger partial charge in [-0.05, 0) is 43.2 Å². The van der Waals surface area contributed by atoms with Crippen LogP contribution in [0.25, 0.3) is 11.3 Å². The van der Waals surface area contributed by atoms with Crippen molar-refractivity contribution in [2.45, 2.75) is 20.4 Å². The van der Waals surface area contributed by atoms with Crippen LogP contribution in [0.2, 0.25) is 0 Å². The summed E-state index contributed by atoms with van der Waals surface area (Å²) in [6.07, 6.45) is 3.46. The number of nitrogens with two attached hydrogens (primary N) is 1. The Morgan fingerprint density at radius 2 is 1.77 bits per heavy atom. The monoisotopic (exact) mass is 397 g/mol. The first kappa shape index (κ1) is 19.3. The van der Waals surface area contributed by atoms with Gasteiger partial charge in [-0.2, -0.15) is 4.98 Å². The summed E-state index contributed by atoms with van der Waals surface area (Å²) in [6.45, 7) is 4.71. The normalized spacial score (nSPS) is 10.6. The number of nitrogens with zero attached hydrogens (tertiary/aromatic N) is 4. The van der Waals surface area contributed by atoms with Gasteiger partial charge in [-0.25, -0.2) is 15.0 Å². The first-order valence-electron chi connectivity index (χ1n) is 9.66. The minimum Gasteiger partial charge on any atom is -0.368 e. The Bertz CT molecular complexity index is 1160. The number of hydrogen-bond donors (Lipinski definition) is 3. The molecule has 0 fully saturated rings. The Hall–Kier alpha value is -4.00. The standard InChI is InChI=1S/C23H23N7/c1-15-4-3-5-17(12-15)14-27-23-25-11-10-20(29-23)28-19-8-6-18(7-9-19)21-16(2)13-26-22(24)30-21/h3-13H,14H2,1-2H3,(H2,24,26,30)(H2,25,27,28,29). The van der Waals surface area contributed by atoms with Gasteiger partial charge in [-0.3, -0.25) is 0 Å². The second kappa shape index (κ2) is 8.57. The molecule has 0 saturated carbocycles. The number of aryl methyl sites for hydroxylation is 2. The molecule has 4 aromatic rings. The average Bonchev–Trinajstić information content (AvgIpc) is 2.75. The van der Waals surface area contributed by atoms with Crippen molar-refractivity contribution in [3.05, 3.63) is 83.7 Å². The predicted molar refractivity (Wildman–Crippen MR) is 120 cm³/mol. The smallest absolute Gasteiger partial charge is 0.224 e. The summed E-state index contributed by atoms with van der Waals surface area (Å²) >= 11 is 0. The number of benzene rings is 2. The van der Waals surface area contributed by atoms with E-state index >= 15 is 0 Å². The molecule has 0 saturated heterocycles. The molecule has 4 N–H and O–H groups in total. The van der Waals surface area contributed by atoms with E-state index in [9.17, 15) is 0 Å². The Morgan fingerprint density at radius 1 is 0.933 bits per heavy atom. The lowest BCUT2D eigenvalue weighted by atomic mass is 10.1. The SMILES string of the molecule is Cc1cccc(CNc2nccc(Nc3ccc(-c4nc(N)ncc4C)cc3)n2)c1. The van der Waals surface area contributed by atoms with Crippen molar-refractivity contribution in [2.75, 3.05) is 16.4 Å². The van der Waals surface area contributed by atoms with E-state index in [0.29, 0.717) is 18.3 Å². The van der Waals surface area contributed by atoms with Crippen LogP contribution in [0.15, 0.2) is 67.0 Å². The molecular weight excluding hydrogens is 374 g/mol. The van der Waals surface area contributed by atoms with Crippen LogP contribution in [-0.2, 0) is 6.54 Å². The van der Waals surface area contributed by atoms with Gasteiger partial charge in [-0.1, -0.05) is 42.0 Å². The fraction of sp³-hybridized carbons (Fsp3) is 0.130. The highest BCUT2D eigenvalue weighted by atomic mass is 15.1. The molecule has 0 spiro atoms. The number of nitrogens with one attached hydrogen (secondary N) is 2. The second-order valence-electron chi connectivity index (χ2n) is 7.07. The van der Waals surface area contributed by atoms with Crippen LogP contribution in [0, 0.1) is 13.8 Å². The van der Waals surface area contributed by atoms with E-state index < -0.39 is 0 Å². The van der Waals surface area contributed by atoms with Gasteiger partial charge in [0.1, 0.15) is 5.82 Å². The number of hydrogen-bond acceptors (Lipinski definition) is 7. The fourth-order valence-corrected chi connectivity index (χ4v) is 3.12. The molecule has 150 valence electrons. The lowest BCUT2D eigenvalue weighted by molar-refractivity contribution is 1.05. The van der Waals surface area contributed by atoms with Crippen molar-refractivity contribution in [1.82, 2.24) is 19.9 Å². The molecular formula is C23H23N7. The maximum atomic E-state index is 5.73. The van der Waals surface area contributed by atoms with E-state index in [2.05, 4.69) is 55.7 Å². The summed E-state index contributed by atoms with van der Waals surface area (Å²) in [7, 11) is 0. The Labute approximate surface area is 175 Å². The van der Waals surface area contributed by atoms with E-state index in [0.717, 1.165) is 22.5 Å². The maximum absolute atomic E-state index is 5.73. The third-order valence-corrected chi connectivity index (χ3v) is 4.61. The van der Waals surface area contributed by atoms with Crippen molar-refractivity contribution in [1.29, 1.82) is 0 Å². The van der Waals surface area contributed by atoms with Gasteiger partial charge in [0.05, 0.1) is 5.69 Å². The summed E-state index contributed by atoms with van der Waals surface area (Å²) in [5.41, 5.74) is 11.9. The second-order valence-corrected chi connectivity index (χ2v) is 7.07.